The number of amides is 1. The van der Waals surface area contributed by atoms with Crippen LogP contribution in [0, 0.1) is 17.8 Å². The Morgan fingerprint density at radius 2 is 1.59 bits per heavy atom. The molecule has 3 aliphatic rings. The van der Waals surface area contributed by atoms with Gasteiger partial charge in [0.2, 0.25) is 11.7 Å². The molecule has 70 heavy (non-hydrogen) atoms. The summed E-state index contributed by atoms with van der Waals surface area (Å²) in [6.07, 6.45) is 20.4. The van der Waals surface area contributed by atoms with E-state index >= 15 is 4.79 Å². The van der Waals surface area contributed by atoms with E-state index in [2.05, 4.69) is 97.3 Å². The second-order valence-corrected chi connectivity index (χ2v) is 20.6. The van der Waals surface area contributed by atoms with Gasteiger partial charge in [-0.2, -0.15) is 0 Å². The van der Waals surface area contributed by atoms with Gasteiger partial charge in [-0.1, -0.05) is 149 Å². The fraction of sp³-hybridized carbons (Fsp3) is 0.533. The van der Waals surface area contributed by atoms with Crippen molar-refractivity contribution in [2.75, 3.05) is 38.8 Å². The van der Waals surface area contributed by atoms with Crippen molar-refractivity contribution >= 4 is 34.2 Å². The predicted molar refractivity (Wildman–Crippen MR) is 286 cm³/mol. The van der Waals surface area contributed by atoms with Crippen LogP contribution in [0.1, 0.15) is 140 Å². The minimum absolute atomic E-state index is 0.0749. The highest BCUT2D eigenvalue weighted by atomic mass is 32.2. The van der Waals surface area contributed by atoms with Crippen LogP contribution in [0.25, 0.3) is 10.8 Å². The van der Waals surface area contributed by atoms with E-state index in [9.17, 15) is 10.2 Å². The third kappa shape index (κ3) is 13.5. The van der Waals surface area contributed by atoms with E-state index in [0.29, 0.717) is 45.4 Å². The average molecular weight is 973 g/mol. The zero-order chi connectivity index (χ0) is 49.0. The number of nitrogens with zero attached hydrogens (tertiary/aromatic N) is 2. The lowest BCUT2D eigenvalue weighted by Gasteiger charge is -2.60. The molecule has 9 nitrogen and oxygen atoms in total. The topological polar surface area (TPSA) is 110 Å². The first-order valence-corrected chi connectivity index (χ1v) is 27.7. The van der Waals surface area contributed by atoms with Gasteiger partial charge in [0, 0.05) is 54.7 Å². The largest absolute Gasteiger partial charge is 0.493 e. The lowest BCUT2D eigenvalue weighted by atomic mass is 9.55. The maximum absolute atomic E-state index is 15.4. The fourth-order valence-electron chi connectivity index (χ4n) is 11.4. The van der Waals surface area contributed by atoms with Crippen molar-refractivity contribution in [1.29, 1.82) is 0 Å². The van der Waals surface area contributed by atoms with Gasteiger partial charge >= 0.3 is 0 Å². The maximum Gasteiger partial charge on any atom is 0.239 e. The number of aliphatic hydroxyl groups is 2. The average Bonchev–Trinajstić information content (AvgIpc) is 3.39. The van der Waals surface area contributed by atoms with Crippen LogP contribution in [-0.4, -0.2) is 77.3 Å². The van der Waals surface area contributed by atoms with Crippen LogP contribution in [0.3, 0.4) is 0 Å². The van der Waals surface area contributed by atoms with E-state index in [0.717, 1.165) is 95.4 Å². The van der Waals surface area contributed by atoms with Gasteiger partial charge in [-0.25, -0.2) is 0 Å². The van der Waals surface area contributed by atoms with Crippen molar-refractivity contribution < 1.29 is 34.1 Å². The summed E-state index contributed by atoms with van der Waals surface area (Å²) in [6.45, 7) is 10.1. The summed E-state index contributed by atoms with van der Waals surface area (Å²) in [5.41, 5.74) is 3.98. The number of hydrogen-bond donors (Lipinski definition) is 2. The van der Waals surface area contributed by atoms with Gasteiger partial charge in [0.25, 0.3) is 0 Å². The molecule has 7 rings (SSSR count). The van der Waals surface area contributed by atoms with Crippen LogP contribution in [0.15, 0.2) is 125 Å². The van der Waals surface area contributed by atoms with E-state index in [1.807, 2.05) is 25.1 Å². The number of ether oxygens (including phenoxy) is 3. The molecule has 0 aromatic heterocycles. The van der Waals surface area contributed by atoms with Crippen molar-refractivity contribution in [3.05, 3.63) is 126 Å². The normalized spacial score (nSPS) is 21.9. The number of oxime groups is 1. The first kappa shape index (κ1) is 53.2. The van der Waals surface area contributed by atoms with Gasteiger partial charge in [0.1, 0.15) is 24.1 Å². The molecule has 0 saturated heterocycles. The Labute approximate surface area is 423 Å². The molecule has 1 saturated carbocycles. The van der Waals surface area contributed by atoms with Gasteiger partial charge in [-0.3, -0.25) is 4.79 Å². The SMILES string of the molecule is C=CCOC12Oc3ccc(OCCSc4ccccc4)cc3C3C(CCCCO)C(CCCCO)C=C(C(=NOCC)CC1N(Cc1cccc4ccccc14)C(=O)CCCCCCCCCCC)C32. The lowest BCUT2D eigenvalue weighted by Crippen LogP contribution is -2.70. The molecular formula is C60H80N2O7S. The van der Waals surface area contributed by atoms with Gasteiger partial charge < -0.3 is 34.2 Å². The lowest BCUT2D eigenvalue weighted by molar-refractivity contribution is -0.258. The third-order valence-corrected chi connectivity index (χ3v) is 15.7. The molecule has 2 aliphatic carbocycles. The molecule has 6 unspecified atom stereocenters. The molecule has 1 heterocycles. The van der Waals surface area contributed by atoms with Crippen LogP contribution in [-0.2, 0) is 20.9 Å². The molecule has 4 aromatic rings. The van der Waals surface area contributed by atoms with Gasteiger partial charge in [-0.15, -0.1) is 18.3 Å². The number of thioether (sulfide) groups is 1. The minimum Gasteiger partial charge on any atom is -0.493 e. The van der Waals surface area contributed by atoms with E-state index in [4.69, 9.17) is 24.2 Å². The zero-order valence-corrected chi connectivity index (χ0v) is 42.9. The molecule has 1 amide bonds. The summed E-state index contributed by atoms with van der Waals surface area (Å²) in [5.74, 6) is 0.790. The number of unbranched alkanes of at least 4 members (excludes halogenated alkanes) is 10. The van der Waals surface area contributed by atoms with Gasteiger partial charge in [0.05, 0.1) is 24.8 Å². The summed E-state index contributed by atoms with van der Waals surface area (Å²) in [5, 5.41) is 27.3. The predicted octanol–water partition coefficient (Wildman–Crippen LogP) is 13.6. The summed E-state index contributed by atoms with van der Waals surface area (Å²) in [4.78, 5) is 24.8. The molecule has 378 valence electrons. The van der Waals surface area contributed by atoms with Crippen molar-refractivity contribution in [2.45, 2.75) is 152 Å². The number of benzene rings is 4. The molecule has 1 aliphatic heterocycles. The Hall–Kier alpha value is -4.61. The van der Waals surface area contributed by atoms with Crippen LogP contribution in [0.4, 0.5) is 0 Å². The van der Waals surface area contributed by atoms with E-state index in [1.165, 1.54) is 43.4 Å². The Balaban J connectivity index is 1.34. The number of carbonyl (C=O) groups is 1. The summed E-state index contributed by atoms with van der Waals surface area (Å²) in [6, 6.07) is 30.8. The zero-order valence-electron chi connectivity index (χ0n) is 42.1. The maximum atomic E-state index is 15.4. The second-order valence-electron chi connectivity index (χ2n) is 19.4. The number of rotatable bonds is 31. The molecule has 6 atom stereocenters. The minimum atomic E-state index is -1.33. The molecule has 1 fully saturated rings. The van der Waals surface area contributed by atoms with Crippen molar-refractivity contribution in [1.82, 2.24) is 4.90 Å². The highest BCUT2D eigenvalue weighted by Gasteiger charge is 2.65. The summed E-state index contributed by atoms with van der Waals surface area (Å²) >= 11 is 1.77. The second kappa shape index (κ2) is 27.8. The monoisotopic (exact) mass is 973 g/mol. The van der Waals surface area contributed by atoms with Crippen LogP contribution in [0.2, 0.25) is 0 Å². The van der Waals surface area contributed by atoms with E-state index in [1.54, 1.807) is 17.8 Å². The highest BCUT2D eigenvalue weighted by molar-refractivity contribution is 7.99. The van der Waals surface area contributed by atoms with Gasteiger partial charge in [-0.05, 0) is 103 Å². The molecular weight excluding hydrogens is 893 g/mol. The van der Waals surface area contributed by atoms with E-state index in [-0.39, 0.29) is 49.4 Å². The number of fused-ring (bicyclic) bond motifs is 3. The van der Waals surface area contributed by atoms with Crippen LogP contribution < -0.4 is 9.47 Å². The van der Waals surface area contributed by atoms with E-state index < -0.39 is 11.8 Å². The highest BCUT2D eigenvalue weighted by Crippen LogP contribution is 2.62. The number of carbonyl (C=O) groups excluding carboxylic acids is 1. The van der Waals surface area contributed by atoms with Crippen molar-refractivity contribution in [2.24, 2.45) is 22.9 Å². The molecule has 4 aromatic carbocycles. The quantitative estimate of drug-likeness (QED) is 0.0222. The summed E-state index contributed by atoms with van der Waals surface area (Å²) < 4.78 is 21.5. The Bertz CT molecular complexity index is 2300. The first-order valence-electron chi connectivity index (χ1n) is 26.7. The fourth-order valence-corrected chi connectivity index (χ4v) is 12.2. The number of aliphatic hydroxyl groups excluding tert-OH is 2. The smallest absolute Gasteiger partial charge is 0.239 e. The molecule has 0 spiro atoms. The Kier molecular flexibility index (Phi) is 21.2. The third-order valence-electron chi connectivity index (χ3n) is 14.7. The molecule has 2 N–H and O–H groups in total. The van der Waals surface area contributed by atoms with Gasteiger partial charge in [0.15, 0.2) is 0 Å². The Morgan fingerprint density at radius 3 is 2.34 bits per heavy atom. The van der Waals surface area contributed by atoms with Crippen LogP contribution in [0.5, 0.6) is 11.5 Å². The first-order chi connectivity index (χ1) is 34.5. The Morgan fingerprint density at radius 1 is 0.857 bits per heavy atom. The van der Waals surface area contributed by atoms with Crippen molar-refractivity contribution in [3.8, 4) is 11.5 Å². The molecule has 0 bridgehead atoms. The summed E-state index contributed by atoms with van der Waals surface area (Å²) in [7, 11) is 0. The van der Waals surface area contributed by atoms with Crippen LogP contribution >= 0.6 is 11.8 Å². The molecule has 0 radical (unpaired) electrons. The molecule has 10 heteroatoms. The number of allylic oxidation sites excluding steroid dienone is 1. The number of hydrogen-bond acceptors (Lipinski definition) is 9. The van der Waals surface area contributed by atoms with Crippen molar-refractivity contribution in [3.63, 3.8) is 0 Å². The standard InChI is InChI=1S/C60H80N2O7S/c1-4-7-8-9-10-11-12-13-17-33-57(65)62(44-47-28-24-27-45-25-18-19-31-50(45)47)56-43-54(61-68-6-3)52-41-46(26-20-22-36-63)51(32-21-23-37-64)58-53-42-48(66-39-40-70-49-29-15-14-16-30-49)34-35-55(53)69-60(56,59(52)58)67-38-5-2/h5,14-16,18-19,24-25,27-31,34-35,41-42,46,51,56,58-59,63-64H,2,4,6-13,17,20-23,26,32-33,36-40,43-44H2,1,3H3.